The van der Waals surface area contributed by atoms with Crippen LogP contribution in [0.15, 0.2) is 24.3 Å². The van der Waals surface area contributed by atoms with Crippen LogP contribution in [0.25, 0.3) is 0 Å². The number of carbonyl (C=O) groups excluding carboxylic acids is 2. The van der Waals surface area contributed by atoms with Crippen LogP contribution >= 0.6 is 0 Å². The van der Waals surface area contributed by atoms with Crippen LogP contribution in [-0.2, 0) is 16.0 Å². The molecule has 96 valence electrons. The highest BCUT2D eigenvalue weighted by Gasteiger charge is 2.32. The Morgan fingerprint density at radius 3 is 2.67 bits per heavy atom. The monoisotopic (exact) mass is 247 g/mol. The molecule has 0 fully saturated rings. The average Bonchev–Trinajstić information content (AvgIpc) is 2.71. The second kappa shape index (κ2) is 4.33. The number of benzene rings is 1. The third-order valence-corrected chi connectivity index (χ3v) is 3.14. The number of hydrogen-bond acceptors (Lipinski definition) is 3. The lowest BCUT2D eigenvalue weighted by Gasteiger charge is -2.24. The van der Waals surface area contributed by atoms with Crippen LogP contribution in [0.4, 0.5) is 5.69 Å². The van der Waals surface area contributed by atoms with Crippen LogP contribution < -0.4 is 16.4 Å². The summed E-state index contributed by atoms with van der Waals surface area (Å²) in [7, 11) is 0. The Balaban J connectivity index is 2.04. The third kappa shape index (κ3) is 2.30. The minimum absolute atomic E-state index is 0.213. The molecular formula is C13H17N3O2. The second-order valence-corrected chi connectivity index (χ2v) is 5.04. The molecule has 0 bridgehead atoms. The maximum Gasteiger partial charge on any atom is 0.243 e. The molecule has 0 aliphatic carbocycles. The van der Waals surface area contributed by atoms with E-state index < -0.39 is 11.4 Å². The zero-order valence-corrected chi connectivity index (χ0v) is 10.5. The van der Waals surface area contributed by atoms with E-state index in [1.165, 1.54) is 0 Å². The van der Waals surface area contributed by atoms with Gasteiger partial charge in [-0.25, -0.2) is 0 Å². The van der Waals surface area contributed by atoms with Gasteiger partial charge in [-0.3, -0.25) is 9.59 Å². The maximum absolute atomic E-state index is 12.1. The van der Waals surface area contributed by atoms with E-state index in [1.807, 2.05) is 24.3 Å². The van der Waals surface area contributed by atoms with Gasteiger partial charge >= 0.3 is 0 Å². The van der Waals surface area contributed by atoms with Crippen molar-refractivity contribution in [2.24, 2.45) is 5.73 Å². The van der Waals surface area contributed by atoms with Gasteiger partial charge in [-0.1, -0.05) is 18.2 Å². The normalized spacial score (nSPS) is 17.8. The van der Waals surface area contributed by atoms with Crippen molar-refractivity contribution >= 4 is 17.5 Å². The van der Waals surface area contributed by atoms with Gasteiger partial charge in [0.05, 0.1) is 0 Å². The fourth-order valence-electron chi connectivity index (χ4n) is 1.91. The van der Waals surface area contributed by atoms with Crippen molar-refractivity contribution in [3.05, 3.63) is 29.8 Å². The number of rotatable bonds is 3. The summed E-state index contributed by atoms with van der Waals surface area (Å²) in [6, 6.07) is 7.42. The average molecular weight is 247 g/mol. The Hall–Kier alpha value is -2.04. The summed E-state index contributed by atoms with van der Waals surface area (Å²) in [4.78, 5) is 23.2. The van der Waals surface area contributed by atoms with Crippen LogP contribution in [0.2, 0.25) is 0 Å². The Morgan fingerprint density at radius 2 is 2.06 bits per heavy atom. The van der Waals surface area contributed by atoms with Gasteiger partial charge in [-0.15, -0.1) is 0 Å². The lowest BCUT2D eigenvalue weighted by molar-refractivity contribution is -0.130. The topological polar surface area (TPSA) is 84.2 Å². The van der Waals surface area contributed by atoms with Crippen LogP contribution in [0.1, 0.15) is 19.4 Å². The standard InChI is InChI=1S/C13H17N3O2/c1-13(2,12(14)18)16-11(17)10-7-8-5-3-4-6-9(8)15-10/h3-6,10,15H,7H2,1-2H3,(H2,14,18)(H,16,17)/t10-/m0/s1. The number of nitrogens with one attached hydrogen (secondary N) is 2. The van der Waals surface area contributed by atoms with Crippen molar-refractivity contribution in [1.82, 2.24) is 5.32 Å². The molecular weight excluding hydrogens is 230 g/mol. The quantitative estimate of drug-likeness (QED) is 0.723. The molecule has 0 spiro atoms. The van der Waals surface area contributed by atoms with E-state index in [0.29, 0.717) is 6.42 Å². The summed E-state index contributed by atoms with van der Waals surface area (Å²) in [6.45, 7) is 3.19. The highest BCUT2D eigenvalue weighted by Crippen LogP contribution is 2.25. The number of nitrogens with two attached hydrogens (primary N) is 1. The lowest BCUT2D eigenvalue weighted by atomic mass is 10.0. The highest BCUT2D eigenvalue weighted by molar-refractivity contribution is 5.93. The Kier molecular flexibility index (Phi) is 2.98. The summed E-state index contributed by atoms with van der Waals surface area (Å²) in [5.41, 5.74) is 6.27. The number of para-hydroxylation sites is 1. The van der Waals surface area contributed by atoms with Gasteiger partial charge < -0.3 is 16.4 Å². The van der Waals surface area contributed by atoms with Crippen molar-refractivity contribution < 1.29 is 9.59 Å². The Labute approximate surface area is 106 Å². The fraction of sp³-hybridized carbons (Fsp3) is 0.385. The molecule has 18 heavy (non-hydrogen) atoms. The molecule has 0 saturated carbocycles. The first-order chi connectivity index (χ1) is 8.40. The molecule has 5 nitrogen and oxygen atoms in total. The summed E-state index contributed by atoms with van der Waals surface area (Å²) in [5, 5.41) is 5.79. The van der Waals surface area contributed by atoms with E-state index >= 15 is 0 Å². The zero-order valence-electron chi connectivity index (χ0n) is 10.5. The molecule has 0 unspecified atom stereocenters. The molecule has 1 atom stereocenters. The predicted octanol–water partition coefficient (Wildman–Crippen LogP) is 0.403. The number of fused-ring (bicyclic) bond motifs is 1. The predicted molar refractivity (Wildman–Crippen MR) is 69.0 cm³/mol. The SMILES string of the molecule is CC(C)(NC(=O)[C@@H]1Cc2ccccc2N1)C(N)=O. The van der Waals surface area contributed by atoms with E-state index in [1.54, 1.807) is 13.8 Å². The number of amides is 2. The van der Waals surface area contributed by atoms with Gasteiger partial charge in [0.2, 0.25) is 11.8 Å². The first kappa shape index (κ1) is 12.4. The Morgan fingerprint density at radius 1 is 1.39 bits per heavy atom. The summed E-state index contributed by atoms with van der Waals surface area (Å²) >= 11 is 0. The van der Waals surface area contributed by atoms with Crippen LogP contribution in [0.5, 0.6) is 0 Å². The second-order valence-electron chi connectivity index (χ2n) is 5.04. The summed E-state index contributed by atoms with van der Waals surface area (Å²) < 4.78 is 0. The molecule has 1 aliphatic rings. The smallest absolute Gasteiger partial charge is 0.243 e. The Bertz CT molecular complexity index is 472. The molecule has 1 aliphatic heterocycles. The van der Waals surface area contributed by atoms with E-state index in [0.717, 1.165) is 11.3 Å². The van der Waals surface area contributed by atoms with Gasteiger partial charge in [0.25, 0.3) is 0 Å². The van der Waals surface area contributed by atoms with Crippen molar-refractivity contribution in [3.63, 3.8) is 0 Å². The molecule has 0 radical (unpaired) electrons. The van der Waals surface area contributed by atoms with E-state index in [-0.39, 0.29) is 11.9 Å². The first-order valence-corrected chi connectivity index (χ1v) is 5.86. The lowest BCUT2D eigenvalue weighted by Crippen LogP contribution is -2.56. The molecule has 2 rings (SSSR count). The van der Waals surface area contributed by atoms with Gasteiger partial charge in [-0.05, 0) is 25.5 Å². The van der Waals surface area contributed by atoms with E-state index in [2.05, 4.69) is 10.6 Å². The summed E-state index contributed by atoms with van der Waals surface area (Å²) in [6.07, 6.45) is 0.622. The van der Waals surface area contributed by atoms with Crippen LogP contribution in [0, 0.1) is 0 Å². The minimum atomic E-state index is -1.03. The van der Waals surface area contributed by atoms with Crippen molar-refractivity contribution in [3.8, 4) is 0 Å². The van der Waals surface area contributed by atoms with Gasteiger partial charge in [0.15, 0.2) is 0 Å². The van der Waals surface area contributed by atoms with Gasteiger partial charge in [0.1, 0.15) is 11.6 Å². The number of hydrogen-bond donors (Lipinski definition) is 3. The molecule has 2 amide bonds. The molecule has 0 aromatic heterocycles. The third-order valence-electron chi connectivity index (χ3n) is 3.14. The molecule has 1 aromatic rings. The highest BCUT2D eigenvalue weighted by atomic mass is 16.2. The zero-order chi connectivity index (χ0) is 13.3. The molecule has 1 heterocycles. The minimum Gasteiger partial charge on any atom is -0.373 e. The van der Waals surface area contributed by atoms with Crippen LogP contribution in [0.3, 0.4) is 0 Å². The van der Waals surface area contributed by atoms with E-state index in [4.69, 9.17) is 5.73 Å². The largest absolute Gasteiger partial charge is 0.373 e. The van der Waals surface area contributed by atoms with Gasteiger partial charge in [0, 0.05) is 12.1 Å². The molecule has 0 saturated heterocycles. The van der Waals surface area contributed by atoms with Crippen molar-refractivity contribution in [2.75, 3.05) is 5.32 Å². The maximum atomic E-state index is 12.1. The number of primary amides is 1. The fourth-order valence-corrected chi connectivity index (χ4v) is 1.91. The van der Waals surface area contributed by atoms with Gasteiger partial charge in [-0.2, -0.15) is 0 Å². The molecule has 1 aromatic carbocycles. The molecule has 4 N–H and O–H groups in total. The number of carbonyl (C=O) groups is 2. The molecule has 5 heteroatoms. The van der Waals surface area contributed by atoms with Crippen LogP contribution in [-0.4, -0.2) is 23.4 Å². The van der Waals surface area contributed by atoms with Crippen molar-refractivity contribution in [2.45, 2.75) is 31.8 Å². The summed E-state index contributed by atoms with van der Waals surface area (Å²) in [5.74, 6) is -0.763. The first-order valence-electron chi connectivity index (χ1n) is 5.86. The van der Waals surface area contributed by atoms with E-state index in [9.17, 15) is 9.59 Å². The van der Waals surface area contributed by atoms with Crippen molar-refractivity contribution in [1.29, 1.82) is 0 Å². The number of anilines is 1.